The van der Waals surface area contributed by atoms with E-state index < -0.39 is 0 Å². The predicted octanol–water partition coefficient (Wildman–Crippen LogP) is 4.01. The maximum absolute atomic E-state index is 12.8. The fourth-order valence-electron chi connectivity index (χ4n) is 3.64. The molecule has 2 heterocycles. The van der Waals surface area contributed by atoms with Crippen molar-refractivity contribution in [2.24, 2.45) is 0 Å². The summed E-state index contributed by atoms with van der Waals surface area (Å²) in [6.07, 6.45) is 0. The van der Waals surface area contributed by atoms with E-state index in [0.29, 0.717) is 31.2 Å². The van der Waals surface area contributed by atoms with Gasteiger partial charge in [-0.2, -0.15) is 0 Å². The first-order valence-corrected chi connectivity index (χ1v) is 10.4. The number of nitrogens with zero attached hydrogens (tertiary/aromatic N) is 3. The summed E-state index contributed by atoms with van der Waals surface area (Å²) < 4.78 is 11.3. The summed E-state index contributed by atoms with van der Waals surface area (Å²) in [7, 11) is 0. The van der Waals surface area contributed by atoms with Crippen LogP contribution in [0, 0.1) is 6.92 Å². The molecule has 0 saturated carbocycles. The van der Waals surface area contributed by atoms with Crippen LogP contribution in [0.3, 0.4) is 0 Å². The Morgan fingerprint density at radius 3 is 2.40 bits per heavy atom. The summed E-state index contributed by atoms with van der Waals surface area (Å²) >= 11 is 0. The van der Waals surface area contributed by atoms with E-state index in [2.05, 4.69) is 4.90 Å². The van der Waals surface area contributed by atoms with Gasteiger partial charge in [-0.05, 0) is 50.2 Å². The van der Waals surface area contributed by atoms with Crippen LogP contribution in [0.1, 0.15) is 28.7 Å². The zero-order chi connectivity index (χ0) is 20.9. The van der Waals surface area contributed by atoms with Gasteiger partial charge in [-0.3, -0.25) is 9.69 Å². The minimum atomic E-state index is 0.0710. The number of oxazole rings is 1. The van der Waals surface area contributed by atoms with Gasteiger partial charge in [0.05, 0.1) is 12.3 Å². The average molecular weight is 405 g/mol. The van der Waals surface area contributed by atoms with Gasteiger partial charge in [0.2, 0.25) is 5.89 Å². The topological polar surface area (TPSA) is 58.8 Å². The number of aryl methyl sites for hydroxylation is 1. The Hall–Kier alpha value is -3.12. The fraction of sp³-hybridized carbons (Fsp3) is 0.333. The molecule has 156 valence electrons. The van der Waals surface area contributed by atoms with E-state index in [4.69, 9.17) is 14.1 Å². The zero-order valence-corrected chi connectivity index (χ0v) is 17.5. The number of carbonyl (C=O) groups is 1. The molecular formula is C24H27N3O3. The molecule has 1 aromatic heterocycles. The third kappa shape index (κ3) is 4.54. The van der Waals surface area contributed by atoms with E-state index in [1.54, 1.807) is 0 Å². The number of carbonyl (C=O) groups excluding carboxylic acids is 1. The summed E-state index contributed by atoms with van der Waals surface area (Å²) in [5.74, 6) is 2.37. The summed E-state index contributed by atoms with van der Waals surface area (Å²) in [6, 6.07) is 17.3. The molecule has 0 unspecified atom stereocenters. The van der Waals surface area contributed by atoms with Crippen LogP contribution < -0.4 is 4.74 Å². The van der Waals surface area contributed by atoms with Crippen molar-refractivity contribution >= 4 is 5.91 Å². The molecule has 1 aliphatic heterocycles. The molecule has 0 N–H and O–H groups in total. The summed E-state index contributed by atoms with van der Waals surface area (Å²) in [6.45, 7) is 8.29. The zero-order valence-electron chi connectivity index (χ0n) is 17.5. The molecule has 2 aromatic carbocycles. The minimum absolute atomic E-state index is 0.0710. The highest BCUT2D eigenvalue weighted by Crippen LogP contribution is 2.23. The Bertz CT molecular complexity index is 975. The third-order valence-corrected chi connectivity index (χ3v) is 5.36. The van der Waals surface area contributed by atoms with Crippen LogP contribution in [0.2, 0.25) is 0 Å². The van der Waals surface area contributed by atoms with E-state index in [9.17, 15) is 4.79 Å². The average Bonchev–Trinajstić information content (AvgIpc) is 3.15. The van der Waals surface area contributed by atoms with Crippen LogP contribution in [0.25, 0.3) is 11.5 Å². The second-order valence-electron chi connectivity index (χ2n) is 7.41. The Morgan fingerprint density at radius 2 is 1.73 bits per heavy atom. The molecule has 6 heteroatoms. The van der Waals surface area contributed by atoms with Crippen molar-refractivity contribution in [2.45, 2.75) is 20.4 Å². The van der Waals surface area contributed by atoms with Crippen LogP contribution in [0.5, 0.6) is 5.75 Å². The Morgan fingerprint density at radius 1 is 1.03 bits per heavy atom. The smallest absolute Gasteiger partial charge is 0.253 e. The van der Waals surface area contributed by atoms with Gasteiger partial charge in [0, 0.05) is 43.9 Å². The number of rotatable bonds is 6. The minimum Gasteiger partial charge on any atom is -0.494 e. The lowest BCUT2D eigenvalue weighted by Gasteiger charge is -2.34. The molecule has 4 rings (SSSR count). The van der Waals surface area contributed by atoms with E-state index in [1.165, 1.54) is 0 Å². The summed E-state index contributed by atoms with van der Waals surface area (Å²) in [5.41, 5.74) is 2.64. The van der Waals surface area contributed by atoms with Crippen molar-refractivity contribution in [3.05, 3.63) is 71.6 Å². The lowest BCUT2D eigenvalue weighted by molar-refractivity contribution is 0.0626. The first-order valence-electron chi connectivity index (χ1n) is 10.4. The quantitative estimate of drug-likeness (QED) is 0.620. The molecule has 3 aromatic rings. The van der Waals surface area contributed by atoms with Gasteiger partial charge in [-0.1, -0.05) is 18.2 Å². The maximum Gasteiger partial charge on any atom is 0.253 e. The van der Waals surface area contributed by atoms with Crippen LogP contribution in [-0.4, -0.2) is 53.5 Å². The molecule has 1 amide bonds. The van der Waals surface area contributed by atoms with Crippen molar-refractivity contribution in [3.8, 4) is 17.2 Å². The third-order valence-electron chi connectivity index (χ3n) is 5.36. The van der Waals surface area contributed by atoms with Gasteiger partial charge >= 0.3 is 0 Å². The van der Waals surface area contributed by atoms with Gasteiger partial charge in [0.1, 0.15) is 11.5 Å². The molecule has 0 spiro atoms. The molecular weight excluding hydrogens is 378 g/mol. The predicted molar refractivity (Wildman–Crippen MR) is 115 cm³/mol. The van der Waals surface area contributed by atoms with Crippen LogP contribution in [-0.2, 0) is 6.54 Å². The molecule has 1 fully saturated rings. The second-order valence-corrected chi connectivity index (χ2v) is 7.41. The standard InChI is InChI=1S/C24H27N3O3/c1-3-29-21-11-9-20(10-12-21)24(28)27-15-13-26(14-16-27)17-22-18(2)30-23(25-22)19-7-5-4-6-8-19/h4-12H,3,13-17H2,1-2H3. The van der Waals surface area contributed by atoms with Gasteiger partial charge in [-0.15, -0.1) is 0 Å². The number of hydrogen-bond donors (Lipinski definition) is 0. The summed E-state index contributed by atoms with van der Waals surface area (Å²) in [5, 5.41) is 0. The van der Waals surface area contributed by atoms with Gasteiger partial charge in [0.15, 0.2) is 0 Å². The van der Waals surface area contributed by atoms with Crippen LogP contribution in [0.4, 0.5) is 0 Å². The number of aromatic nitrogens is 1. The molecule has 0 bridgehead atoms. The Labute approximate surface area is 177 Å². The largest absolute Gasteiger partial charge is 0.494 e. The maximum atomic E-state index is 12.8. The Kier molecular flexibility index (Phi) is 6.14. The van der Waals surface area contributed by atoms with Crippen molar-refractivity contribution in [2.75, 3.05) is 32.8 Å². The molecule has 1 saturated heterocycles. The van der Waals surface area contributed by atoms with Crippen molar-refractivity contribution in [3.63, 3.8) is 0 Å². The second kappa shape index (κ2) is 9.13. The SMILES string of the molecule is CCOc1ccc(C(=O)N2CCN(Cc3nc(-c4ccccc4)oc3C)CC2)cc1. The van der Waals surface area contributed by atoms with Crippen LogP contribution in [0.15, 0.2) is 59.0 Å². The number of amides is 1. The monoisotopic (exact) mass is 405 g/mol. The highest BCUT2D eigenvalue weighted by Gasteiger charge is 2.23. The molecule has 0 aliphatic carbocycles. The van der Waals surface area contributed by atoms with Crippen molar-refractivity contribution in [1.29, 1.82) is 0 Å². The van der Waals surface area contributed by atoms with Gasteiger partial charge < -0.3 is 14.1 Å². The first-order chi connectivity index (χ1) is 14.6. The fourth-order valence-corrected chi connectivity index (χ4v) is 3.64. The number of benzene rings is 2. The molecule has 0 radical (unpaired) electrons. The molecule has 0 atom stereocenters. The number of piperazine rings is 1. The number of hydrogen-bond acceptors (Lipinski definition) is 5. The normalized spacial score (nSPS) is 14.7. The Balaban J connectivity index is 1.34. The van der Waals surface area contributed by atoms with Crippen LogP contribution >= 0.6 is 0 Å². The van der Waals surface area contributed by atoms with E-state index in [1.807, 2.05) is 73.3 Å². The highest BCUT2D eigenvalue weighted by molar-refractivity contribution is 5.94. The van der Waals surface area contributed by atoms with Gasteiger partial charge in [0.25, 0.3) is 5.91 Å². The lowest BCUT2D eigenvalue weighted by Crippen LogP contribution is -2.48. The van der Waals surface area contributed by atoms with Crippen molar-refractivity contribution < 1.29 is 13.9 Å². The molecule has 30 heavy (non-hydrogen) atoms. The van der Waals surface area contributed by atoms with E-state index >= 15 is 0 Å². The van der Waals surface area contributed by atoms with Gasteiger partial charge in [-0.25, -0.2) is 4.98 Å². The summed E-state index contributed by atoms with van der Waals surface area (Å²) in [4.78, 5) is 21.7. The number of ether oxygens (including phenoxy) is 1. The van der Waals surface area contributed by atoms with E-state index in [-0.39, 0.29) is 5.91 Å². The molecule has 1 aliphatic rings. The molecule has 6 nitrogen and oxygen atoms in total. The van der Waals surface area contributed by atoms with E-state index in [0.717, 1.165) is 42.4 Å². The van der Waals surface area contributed by atoms with Crippen molar-refractivity contribution in [1.82, 2.24) is 14.8 Å². The first kappa shape index (κ1) is 20.2. The highest BCUT2D eigenvalue weighted by atomic mass is 16.5. The lowest BCUT2D eigenvalue weighted by atomic mass is 10.1.